The third kappa shape index (κ3) is 4.43. The molecule has 0 saturated carbocycles. The van der Waals surface area contributed by atoms with Crippen LogP contribution in [0.1, 0.15) is 36.0 Å². The first kappa shape index (κ1) is 22.5. The Labute approximate surface area is 187 Å². The molecule has 1 atom stereocenters. The number of sulfonamides is 1. The minimum atomic E-state index is -3.79. The molecule has 0 bridgehead atoms. The lowest BCUT2D eigenvalue weighted by atomic mass is 9.95. The summed E-state index contributed by atoms with van der Waals surface area (Å²) < 4.78 is 37.0. The number of ether oxygens (including phenoxy) is 1. The number of hydrogen-bond donors (Lipinski definition) is 1. The third-order valence-corrected chi connectivity index (χ3v) is 7.76. The largest absolute Gasteiger partial charge is 0.468 e. The molecular formula is C22H27N3O6S. The fourth-order valence-corrected chi connectivity index (χ4v) is 6.21. The van der Waals surface area contributed by atoms with Gasteiger partial charge in [-0.3, -0.25) is 14.5 Å². The predicted octanol–water partition coefficient (Wildman–Crippen LogP) is 1.79. The highest BCUT2D eigenvalue weighted by Crippen LogP contribution is 2.36. The first-order valence-electron chi connectivity index (χ1n) is 10.5. The Kier molecular flexibility index (Phi) is 6.11. The number of anilines is 1. The van der Waals surface area contributed by atoms with Crippen LogP contribution >= 0.6 is 0 Å². The maximum absolute atomic E-state index is 12.9. The molecule has 1 aromatic carbocycles. The zero-order valence-corrected chi connectivity index (χ0v) is 18.9. The van der Waals surface area contributed by atoms with E-state index in [1.807, 2.05) is 12.1 Å². The van der Waals surface area contributed by atoms with Crippen LogP contribution < -0.4 is 9.62 Å². The molecule has 1 N–H and O–H groups in total. The first-order valence-corrected chi connectivity index (χ1v) is 12.1. The Bertz CT molecular complexity index is 1090. The molecular weight excluding hydrogens is 434 g/mol. The van der Waals surface area contributed by atoms with Crippen molar-refractivity contribution in [3.05, 3.63) is 54.0 Å². The Balaban J connectivity index is 1.51. The minimum Gasteiger partial charge on any atom is -0.468 e. The number of carbonyl (C=O) groups is 2. The van der Waals surface area contributed by atoms with E-state index in [0.717, 1.165) is 23.2 Å². The summed E-state index contributed by atoms with van der Waals surface area (Å²) in [6.45, 7) is 6.19. The van der Waals surface area contributed by atoms with Crippen LogP contribution in [0.25, 0.3) is 0 Å². The smallest absolute Gasteiger partial charge is 0.251 e. The number of nitrogens with zero attached hydrogens (tertiary/aromatic N) is 2. The lowest BCUT2D eigenvalue weighted by Crippen LogP contribution is -2.43. The summed E-state index contributed by atoms with van der Waals surface area (Å²) in [7, 11) is -3.79. The van der Waals surface area contributed by atoms with E-state index in [9.17, 15) is 18.0 Å². The summed E-state index contributed by atoms with van der Waals surface area (Å²) in [5.41, 5.74) is -0.565. The van der Waals surface area contributed by atoms with Gasteiger partial charge in [-0.25, -0.2) is 12.7 Å². The fraction of sp³-hybridized carbons (Fsp3) is 0.455. The second-order valence-corrected chi connectivity index (χ2v) is 10.5. The average Bonchev–Trinajstić information content (AvgIpc) is 3.33. The summed E-state index contributed by atoms with van der Waals surface area (Å²) in [6, 6.07) is 9.65. The highest BCUT2D eigenvalue weighted by atomic mass is 32.2. The highest BCUT2D eigenvalue weighted by molar-refractivity contribution is 7.94. The zero-order valence-electron chi connectivity index (χ0n) is 18.1. The van der Waals surface area contributed by atoms with Crippen molar-refractivity contribution in [2.75, 3.05) is 42.9 Å². The summed E-state index contributed by atoms with van der Waals surface area (Å²) in [5, 5.41) is 2.92. The molecule has 0 aliphatic carbocycles. The lowest BCUT2D eigenvalue weighted by Gasteiger charge is -2.33. The Hall–Kier alpha value is -2.69. The molecule has 172 valence electrons. The number of rotatable bonds is 6. The number of morpholine rings is 1. The van der Waals surface area contributed by atoms with Crippen molar-refractivity contribution < 1.29 is 27.2 Å². The van der Waals surface area contributed by atoms with Crippen LogP contribution in [0.15, 0.2) is 47.1 Å². The monoisotopic (exact) mass is 461 g/mol. The molecule has 3 heterocycles. The molecule has 2 fully saturated rings. The minimum absolute atomic E-state index is 0.151. The number of benzene rings is 1. The van der Waals surface area contributed by atoms with Crippen molar-refractivity contribution in [1.82, 2.24) is 10.2 Å². The number of nitrogens with one attached hydrogen (secondary N) is 1. The lowest BCUT2D eigenvalue weighted by molar-refractivity contribution is -0.123. The average molecular weight is 462 g/mol. The van der Waals surface area contributed by atoms with E-state index in [-0.39, 0.29) is 29.0 Å². The first-order chi connectivity index (χ1) is 15.2. The van der Waals surface area contributed by atoms with Crippen LogP contribution in [0.5, 0.6) is 0 Å². The van der Waals surface area contributed by atoms with Gasteiger partial charge in [0.05, 0.1) is 42.4 Å². The van der Waals surface area contributed by atoms with Gasteiger partial charge in [-0.1, -0.05) is 6.07 Å². The molecule has 1 aromatic heterocycles. The fourth-order valence-electron chi connectivity index (χ4n) is 4.11. The molecule has 32 heavy (non-hydrogen) atoms. The van der Waals surface area contributed by atoms with Gasteiger partial charge in [0.25, 0.3) is 5.91 Å². The van der Waals surface area contributed by atoms with Crippen molar-refractivity contribution in [2.45, 2.75) is 19.9 Å². The topological polar surface area (TPSA) is 109 Å². The van der Waals surface area contributed by atoms with Crippen molar-refractivity contribution in [3.63, 3.8) is 0 Å². The van der Waals surface area contributed by atoms with Gasteiger partial charge in [0, 0.05) is 25.2 Å². The summed E-state index contributed by atoms with van der Waals surface area (Å²) in [4.78, 5) is 27.8. The van der Waals surface area contributed by atoms with Crippen LogP contribution in [0.4, 0.5) is 5.69 Å². The number of amides is 2. The Morgan fingerprint density at radius 2 is 1.94 bits per heavy atom. The summed E-state index contributed by atoms with van der Waals surface area (Å²) >= 11 is 0. The van der Waals surface area contributed by atoms with Crippen molar-refractivity contribution in [1.29, 1.82) is 0 Å². The molecule has 2 aliphatic rings. The van der Waals surface area contributed by atoms with Gasteiger partial charge < -0.3 is 14.5 Å². The maximum atomic E-state index is 12.9. The van der Waals surface area contributed by atoms with Gasteiger partial charge in [0.2, 0.25) is 15.9 Å². The Morgan fingerprint density at radius 1 is 1.19 bits per heavy atom. The molecule has 2 amide bonds. The molecule has 1 unspecified atom stereocenters. The Morgan fingerprint density at radius 3 is 2.56 bits per heavy atom. The maximum Gasteiger partial charge on any atom is 0.251 e. The number of carbonyl (C=O) groups excluding carboxylic acids is 2. The SMILES string of the molecule is CC1(C)CS(=O)(=O)N(c2cccc(C(=O)NCC(c3ccco3)N3CCOCC3)c2)C1=O. The van der Waals surface area contributed by atoms with Gasteiger partial charge >= 0.3 is 0 Å². The summed E-state index contributed by atoms with van der Waals surface area (Å²) in [5.74, 6) is -0.378. The van der Waals surface area contributed by atoms with E-state index in [4.69, 9.17) is 9.15 Å². The molecule has 2 saturated heterocycles. The van der Waals surface area contributed by atoms with Crippen molar-refractivity contribution in [3.8, 4) is 0 Å². The van der Waals surface area contributed by atoms with Gasteiger partial charge in [0.15, 0.2) is 0 Å². The van der Waals surface area contributed by atoms with E-state index < -0.39 is 21.3 Å². The van der Waals surface area contributed by atoms with Crippen LogP contribution in [0, 0.1) is 5.41 Å². The van der Waals surface area contributed by atoms with E-state index in [0.29, 0.717) is 19.8 Å². The van der Waals surface area contributed by atoms with Crippen LogP contribution in [0.2, 0.25) is 0 Å². The van der Waals surface area contributed by atoms with E-state index in [1.54, 1.807) is 32.2 Å². The second kappa shape index (κ2) is 8.68. The van der Waals surface area contributed by atoms with Gasteiger partial charge in [-0.2, -0.15) is 0 Å². The highest BCUT2D eigenvalue weighted by Gasteiger charge is 2.50. The van der Waals surface area contributed by atoms with Crippen LogP contribution in [-0.2, 0) is 19.6 Å². The molecule has 9 nitrogen and oxygen atoms in total. The third-order valence-electron chi connectivity index (χ3n) is 5.74. The zero-order chi connectivity index (χ0) is 22.9. The van der Waals surface area contributed by atoms with Crippen molar-refractivity contribution >= 4 is 27.5 Å². The predicted molar refractivity (Wildman–Crippen MR) is 118 cm³/mol. The standard InChI is InChI=1S/C22H27N3O6S/c1-22(2)15-32(28,29)25(21(22)27)17-6-3-5-16(13-17)20(26)23-14-18(19-7-4-10-31-19)24-8-11-30-12-9-24/h3-7,10,13,18H,8-9,11-12,14-15H2,1-2H3,(H,23,26). The summed E-state index contributed by atoms with van der Waals surface area (Å²) in [6.07, 6.45) is 1.60. The van der Waals surface area contributed by atoms with E-state index in [1.165, 1.54) is 12.1 Å². The molecule has 2 aromatic rings. The second-order valence-electron chi connectivity index (χ2n) is 8.65. The number of hydrogen-bond acceptors (Lipinski definition) is 7. The molecule has 0 radical (unpaired) electrons. The van der Waals surface area contributed by atoms with Crippen LogP contribution in [0.3, 0.4) is 0 Å². The molecule has 4 rings (SSSR count). The number of furan rings is 1. The quantitative estimate of drug-likeness (QED) is 0.698. The van der Waals surface area contributed by atoms with Gasteiger partial charge in [-0.15, -0.1) is 0 Å². The van der Waals surface area contributed by atoms with Gasteiger partial charge in [-0.05, 0) is 44.2 Å². The molecule has 0 spiro atoms. The normalized spacial score (nSPS) is 21.4. The van der Waals surface area contributed by atoms with Gasteiger partial charge in [0.1, 0.15) is 5.76 Å². The van der Waals surface area contributed by atoms with E-state index in [2.05, 4.69) is 10.2 Å². The molecule has 10 heteroatoms. The van der Waals surface area contributed by atoms with Crippen LogP contribution in [-0.4, -0.2) is 63.7 Å². The van der Waals surface area contributed by atoms with E-state index >= 15 is 0 Å². The molecule has 2 aliphatic heterocycles. The van der Waals surface area contributed by atoms with Crippen molar-refractivity contribution in [2.24, 2.45) is 5.41 Å².